The number of benzene rings is 1. The Labute approximate surface area is 110 Å². The van der Waals surface area contributed by atoms with Crippen LogP contribution in [0, 0.1) is 12.8 Å². The normalized spacial score (nSPS) is 19.7. The van der Waals surface area contributed by atoms with Crippen LogP contribution >= 0.6 is 15.9 Å². The summed E-state index contributed by atoms with van der Waals surface area (Å²) in [6.07, 6.45) is 1.02. The SMILES string of the molecule is Cc1c(Br)cccc1C(=O)N1CC[C@@H](CN)C1. The minimum atomic E-state index is 0.125. The topological polar surface area (TPSA) is 46.3 Å². The standard InChI is InChI=1S/C13H17BrN2O/c1-9-11(3-2-4-12(9)14)13(17)16-6-5-10(7-15)8-16/h2-4,10H,5-8,15H2,1H3/t10-/m0/s1. The molecule has 0 radical (unpaired) electrons. The van der Waals surface area contributed by atoms with Crippen molar-refractivity contribution in [2.24, 2.45) is 11.7 Å². The van der Waals surface area contributed by atoms with Gasteiger partial charge in [-0.1, -0.05) is 22.0 Å². The molecule has 0 spiro atoms. The second-order valence-electron chi connectivity index (χ2n) is 4.55. The molecule has 1 aromatic rings. The molecule has 0 bridgehead atoms. The van der Waals surface area contributed by atoms with Crippen molar-refractivity contribution >= 4 is 21.8 Å². The maximum absolute atomic E-state index is 12.3. The molecule has 0 unspecified atom stereocenters. The van der Waals surface area contributed by atoms with Crippen molar-refractivity contribution < 1.29 is 4.79 Å². The summed E-state index contributed by atoms with van der Waals surface area (Å²) in [7, 11) is 0. The molecule has 1 fully saturated rings. The lowest BCUT2D eigenvalue weighted by Gasteiger charge is -2.18. The Balaban J connectivity index is 2.18. The Kier molecular flexibility index (Phi) is 3.84. The van der Waals surface area contributed by atoms with Crippen LogP contribution in [0.15, 0.2) is 22.7 Å². The number of halogens is 1. The maximum Gasteiger partial charge on any atom is 0.254 e. The summed E-state index contributed by atoms with van der Waals surface area (Å²) in [6, 6.07) is 5.75. The van der Waals surface area contributed by atoms with E-state index in [9.17, 15) is 4.79 Å². The average molecular weight is 297 g/mol. The monoisotopic (exact) mass is 296 g/mol. The third-order valence-corrected chi connectivity index (χ3v) is 4.26. The van der Waals surface area contributed by atoms with Gasteiger partial charge in [0.25, 0.3) is 5.91 Å². The average Bonchev–Trinajstić information content (AvgIpc) is 2.80. The van der Waals surface area contributed by atoms with Crippen molar-refractivity contribution in [2.75, 3.05) is 19.6 Å². The van der Waals surface area contributed by atoms with E-state index in [2.05, 4.69) is 15.9 Å². The highest BCUT2D eigenvalue weighted by molar-refractivity contribution is 9.10. The van der Waals surface area contributed by atoms with Gasteiger partial charge in [0.05, 0.1) is 0 Å². The molecule has 2 N–H and O–H groups in total. The van der Waals surface area contributed by atoms with Crippen molar-refractivity contribution in [3.63, 3.8) is 0 Å². The number of carbonyl (C=O) groups excluding carboxylic acids is 1. The maximum atomic E-state index is 12.3. The van der Waals surface area contributed by atoms with E-state index in [-0.39, 0.29) is 5.91 Å². The molecule has 0 saturated carbocycles. The van der Waals surface area contributed by atoms with Gasteiger partial charge >= 0.3 is 0 Å². The number of likely N-dealkylation sites (tertiary alicyclic amines) is 1. The van der Waals surface area contributed by atoms with E-state index < -0.39 is 0 Å². The minimum Gasteiger partial charge on any atom is -0.338 e. The lowest BCUT2D eigenvalue weighted by Crippen LogP contribution is -2.30. The van der Waals surface area contributed by atoms with Gasteiger partial charge in [0.1, 0.15) is 0 Å². The van der Waals surface area contributed by atoms with Crippen molar-refractivity contribution in [2.45, 2.75) is 13.3 Å². The van der Waals surface area contributed by atoms with Crippen LogP contribution in [0.25, 0.3) is 0 Å². The van der Waals surface area contributed by atoms with E-state index in [0.29, 0.717) is 12.5 Å². The largest absolute Gasteiger partial charge is 0.338 e. The van der Waals surface area contributed by atoms with Gasteiger partial charge in [-0.25, -0.2) is 0 Å². The highest BCUT2D eigenvalue weighted by Gasteiger charge is 2.26. The van der Waals surface area contributed by atoms with E-state index in [1.54, 1.807) is 0 Å². The lowest BCUT2D eigenvalue weighted by atomic mass is 10.1. The Morgan fingerprint density at radius 3 is 3.00 bits per heavy atom. The molecular weight excluding hydrogens is 280 g/mol. The molecule has 1 atom stereocenters. The van der Waals surface area contributed by atoms with Crippen LogP contribution in [-0.4, -0.2) is 30.4 Å². The minimum absolute atomic E-state index is 0.125. The van der Waals surface area contributed by atoms with Crippen molar-refractivity contribution in [3.05, 3.63) is 33.8 Å². The first-order valence-corrected chi connectivity index (χ1v) is 6.67. The van der Waals surface area contributed by atoms with E-state index >= 15 is 0 Å². The number of hydrogen-bond donors (Lipinski definition) is 1. The van der Waals surface area contributed by atoms with Gasteiger partial charge in [0.2, 0.25) is 0 Å². The van der Waals surface area contributed by atoms with E-state index in [0.717, 1.165) is 35.1 Å². The third kappa shape index (κ3) is 2.53. The molecule has 17 heavy (non-hydrogen) atoms. The first-order chi connectivity index (χ1) is 8.13. The van der Waals surface area contributed by atoms with Crippen LogP contribution < -0.4 is 5.73 Å². The molecule has 1 aliphatic heterocycles. The summed E-state index contributed by atoms with van der Waals surface area (Å²) in [5.74, 6) is 0.589. The molecule has 1 heterocycles. The molecule has 0 aliphatic carbocycles. The quantitative estimate of drug-likeness (QED) is 0.909. The molecule has 92 valence electrons. The van der Waals surface area contributed by atoms with Crippen molar-refractivity contribution in [3.8, 4) is 0 Å². The van der Waals surface area contributed by atoms with Crippen LogP contribution in [0.4, 0.5) is 0 Å². The van der Waals surface area contributed by atoms with E-state index in [1.807, 2.05) is 30.0 Å². The zero-order valence-corrected chi connectivity index (χ0v) is 11.5. The van der Waals surface area contributed by atoms with Crippen LogP contribution in [0.2, 0.25) is 0 Å². The fraction of sp³-hybridized carbons (Fsp3) is 0.462. The summed E-state index contributed by atoms with van der Waals surface area (Å²) in [5, 5.41) is 0. The van der Waals surface area contributed by atoms with Crippen LogP contribution in [0.3, 0.4) is 0 Å². The Hall–Kier alpha value is -0.870. The van der Waals surface area contributed by atoms with Gasteiger partial charge in [-0.15, -0.1) is 0 Å². The summed E-state index contributed by atoms with van der Waals surface area (Å²) >= 11 is 3.46. The molecule has 3 nitrogen and oxygen atoms in total. The van der Waals surface area contributed by atoms with Gasteiger partial charge in [-0.05, 0) is 43.5 Å². The second kappa shape index (κ2) is 5.19. The molecule has 4 heteroatoms. The number of nitrogens with zero attached hydrogens (tertiary/aromatic N) is 1. The molecule has 1 amide bonds. The summed E-state index contributed by atoms with van der Waals surface area (Å²) in [4.78, 5) is 14.3. The number of hydrogen-bond acceptors (Lipinski definition) is 2. The second-order valence-corrected chi connectivity index (χ2v) is 5.41. The number of carbonyl (C=O) groups is 1. The van der Waals surface area contributed by atoms with Crippen LogP contribution in [-0.2, 0) is 0 Å². The van der Waals surface area contributed by atoms with E-state index in [4.69, 9.17) is 5.73 Å². The van der Waals surface area contributed by atoms with Crippen molar-refractivity contribution in [1.82, 2.24) is 4.90 Å². The zero-order chi connectivity index (χ0) is 12.4. The van der Waals surface area contributed by atoms with Gasteiger partial charge in [0.15, 0.2) is 0 Å². The zero-order valence-electron chi connectivity index (χ0n) is 9.95. The summed E-state index contributed by atoms with van der Waals surface area (Å²) in [6.45, 7) is 4.25. The van der Waals surface area contributed by atoms with Gasteiger partial charge in [0, 0.05) is 23.1 Å². The Bertz CT molecular complexity index is 433. The fourth-order valence-electron chi connectivity index (χ4n) is 2.22. The number of amides is 1. The smallest absolute Gasteiger partial charge is 0.254 e. The molecule has 1 aromatic carbocycles. The number of rotatable bonds is 2. The Morgan fingerprint density at radius 1 is 1.59 bits per heavy atom. The first kappa shape index (κ1) is 12.6. The molecular formula is C13H17BrN2O. The Morgan fingerprint density at radius 2 is 2.35 bits per heavy atom. The predicted octanol–water partition coefficient (Wildman–Crippen LogP) is 2.18. The highest BCUT2D eigenvalue weighted by atomic mass is 79.9. The predicted molar refractivity (Wildman–Crippen MR) is 71.9 cm³/mol. The third-order valence-electron chi connectivity index (χ3n) is 3.40. The first-order valence-electron chi connectivity index (χ1n) is 5.88. The van der Waals surface area contributed by atoms with Crippen LogP contribution in [0.5, 0.6) is 0 Å². The number of nitrogens with two attached hydrogens (primary N) is 1. The van der Waals surface area contributed by atoms with Gasteiger partial charge < -0.3 is 10.6 Å². The molecule has 2 rings (SSSR count). The highest BCUT2D eigenvalue weighted by Crippen LogP contribution is 2.23. The molecule has 0 aromatic heterocycles. The summed E-state index contributed by atoms with van der Waals surface area (Å²) in [5.41, 5.74) is 7.44. The van der Waals surface area contributed by atoms with E-state index in [1.165, 1.54) is 0 Å². The van der Waals surface area contributed by atoms with Crippen LogP contribution in [0.1, 0.15) is 22.3 Å². The molecule has 1 aliphatic rings. The summed E-state index contributed by atoms with van der Waals surface area (Å²) < 4.78 is 0.984. The van der Waals surface area contributed by atoms with Gasteiger partial charge in [-0.3, -0.25) is 4.79 Å². The molecule has 1 saturated heterocycles. The lowest BCUT2D eigenvalue weighted by molar-refractivity contribution is 0.0787. The fourth-order valence-corrected chi connectivity index (χ4v) is 2.59. The van der Waals surface area contributed by atoms with Crippen molar-refractivity contribution in [1.29, 1.82) is 0 Å². The van der Waals surface area contributed by atoms with Gasteiger partial charge in [-0.2, -0.15) is 0 Å².